The minimum atomic E-state index is 0.279. The van der Waals surface area contributed by atoms with Crippen molar-refractivity contribution in [3.05, 3.63) is 45.9 Å². The quantitative estimate of drug-likeness (QED) is 0.608. The van der Waals surface area contributed by atoms with Crippen LogP contribution in [0.4, 0.5) is 0 Å². The van der Waals surface area contributed by atoms with Crippen LogP contribution >= 0.6 is 34.5 Å². The predicted molar refractivity (Wildman–Crippen MR) is 99.9 cm³/mol. The first-order valence-corrected chi connectivity index (χ1v) is 9.22. The van der Waals surface area contributed by atoms with E-state index in [-0.39, 0.29) is 6.04 Å². The zero-order chi connectivity index (χ0) is 17.1. The highest BCUT2D eigenvalue weighted by Gasteiger charge is 2.27. The molecule has 1 aromatic heterocycles. The fourth-order valence-electron chi connectivity index (χ4n) is 2.91. The van der Waals surface area contributed by atoms with Crippen molar-refractivity contribution in [3.8, 4) is 16.8 Å². The maximum Gasteiger partial charge on any atom is 0.176 e. The highest BCUT2D eigenvalue weighted by atomic mass is 35.5. The number of benzene rings is 1. The van der Waals surface area contributed by atoms with Crippen LogP contribution < -0.4 is 5.32 Å². The van der Waals surface area contributed by atoms with E-state index >= 15 is 0 Å². The number of nitrogens with one attached hydrogen (secondary N) is 1. The summed E-state index contributed by atoms with van der Waals surface area (Å²) in [6.45, 7) is 5.78. The van der Waals surface area contributed by atoms with Gasteiger partial charge in [0.25, 0.3) is 0 Å². The van der Waals surface area contributed by atoms with Crippen molar-refractivity contribution in [1.82, 2.24) is 15.2 Å². The first-order valence-electron chi connectivity index (χ1n) is 7.59. The van der Waals surface area contributed by atoms with Crippen molar-refractivity contribution in [2.45, 2.75) is 18.9 Å². The molecule has 2 heterocycles. The van der Waals surface area contributed by atoms with Crippen LogP contribution in [0.3, 0.4) is 0 Å². The average molecular weight is 379 g/mol. The molecule has 1 aromatic carbocycles. The Bertz CT molecular complexity index is 796. The Kier molecular flexibility index (Phi) is 5.30. The van der Waals surface area contributed by atoms with Crippen LogP contribution in [-0.4, -0.2) is 29.0 Å². The van der Waals surface area contributed by atoms with Gasteiger partial charge in [-0.1, -0.05) is 29.8 Å². The van der Waals surface area contributed by atoms with E-state index in [4.69, 9.17) is 33.4 Å². The molecular weight excluding hydrogens is 363 g/mol. The first-order chi connectivity index (χ1) is 11.6. The summed E-state index contributed by atoms with van der Waals surface area (Å²) in [6.07, 6.45) is 4.13. The average Bonchev–Trinajstić information content (AvgIpc) is 3.21. The van der Waals surface area contributed by atoms with E-state index in [1.165, 1.54) is 11.3 Å². The normalized spacial score (nSPS) is 16.9. The number of nitrogens with zero attached hydrogens (tertiary/aromatic N) is 3. The summed E-state index contributed by atoms with van der Waals surface area (Å²) < 4.78 is 0. The second kappa shape index (κ2) is 7.43. The van der Waals surface area contributed by atoms with Crippen molar-refractivity contribution in [2.24, 2.45) is 0 Å². The van der Waals surface area contributed by atoms with Crippen LogP contribution in [0.1, 0.15) is 18.5 Å². The van der Waals surface area contributed by atoms with E-state index in [9.17, 15) is 0 Å². The van der Waals surface area contributed by atoms with Gasteiger partial charge in [0, 0.05) is 35.1 Å². The largest absolute Gasteiger partial charge is 0.365 e. The summed E-state index contributed by atoms with van der Waals surface area (Å²) in [4.78, 5) is 6.92. The summed E-state index contributed by atoms with van der Waals surface area (Å²) in [5.41, 5.74) is 2.61. The molecule has 1 N–H and O–H groups in total. The zero-order valence-electron chi connectivity index (χ0n) is 12.9. The molecule has 1 aliphatic rings. The van der Waals surface area contributed by atoms with Crippen LogP contribution in [0.2, 0.25) is 10.0 Å². The molecule has 1 fully saturated rings. The molecule has 0 spiro atoms. The van der Waals surface area contributed by atoms with Gasteiger partial charge in [0.1, 0.15) is 5.01 Å². The lowest BCUT2D eigenvalue weighted by atomic mass is 10.2. The van der Waals surface area contributed by atoms with Crippen LogP contribution in [0.15, 0.2) is 30.2 Å². The van der Waals surface area contributed by atoms with Crippen LogP contribution in [0.25, 0.3) is 16.3 Å². The molecule has 7 heteroatoms. The number of aromatic nitrogens is 1. The topological polar surface area (TPSA) is 52.0 Å². The van der Waals surface area contributed by atoms with Gasteiger partial charge in [-0.15, -0.1) is 11.3 Å². The summed E-state index contributed by atoms with van der Waals surface area (Å²) >= 11 is 13.8. The van der Waals surface area contributed by atoms with E-state index in [1.54, 1.807) is 6.07 Å². The monoisotopic (exact) mass is 378 g/mol. The minimum Gasteiger partial charge on any atom is -0.365 e. The molecule has 0 bridgehead atoms. The maximum absolute atomic E-state index is 8.71. The fraction of sp³-hybridized carbons (Fsp3) is 0.294. The molecule has 124 valence electrons. The molecule has 4 nitrogen and oxygen atoms in total. The highest BCUT2D eigenvalue weighted by Crippen LogP contribution is 2.35. The summed E-state index contributed by atoms with van der Waals surface area (Å²) in [5, 5.41) is 15.5. The molecule has 0 radical (unpaired) electrons. The summed E-state index contributed by atoms with van der Waals surface area (Å²) in [6, 6.07) is 5.69. The molecule has 0 aliphatic carbocycles. The van der Waals surface area contributed by atoms with Gasteiger partial charge in [0.15, 0.2) is 6.19 Å². The molecule has 3 rings (SSSR count). The smallest absolute Gasteiger partial charge is 0.176 e. The van der Waals surface area contributed by atoms with Gasteiger partial charge in [0.05, 0.1) is 16.4 Å². The molecular formula is C17H16Cl2N4S. The lowest BCUT2D eigenvalue weighted by molar-refractivity contribution is 0.365. The molecule has 1 saturated heterocycles. The first kappa shape index (κ1) is 17.1. The Balaban J connectivity index is 1.80. The zero-order valence-corrected chi connectivity index (χ0v) is 15.3. The third-order valence-corrected chi connectivity index (χ3v) is 5.53. The molecule has 0 unspecified atom stereocenters. The molecule has 1 aliphatic heterocycles. The minimum absolute atomic E-state index is 0.279. The van der Waals surface area contributed by atoms with Crippen molar-refractivity contribution in [1.29, 1.82) is 5.26 Å². The number of hydrogen-bond donors (Lipinski definition) is 1. The van der Waals surface area contributed by atoms with Crippen LogP contribution in [0.5, 0.6) is 0 Å². The standard InChI is InChI=1S/C17H16Cl2N4S/c1-11(23-6-2-3-13(23)8-21-10-20)16-9-24-17(22-16)14-5-4-12(18)7-15(14)19/h4-5,7,9,13,21H,1-3,6,8H2/t13-/m1/s1. The van der Waals surface area contributed by atoms with Gasteiger partial charge in [-0.3, -0.25) is 0 Å². The number of likely N-dealkylation sites (tertiary alicyclic amines) is 1. The van der Waals surface area contributed by atoms with Crippen LogP contribution in [0, 0.1) is 11.5 Å². The van der Waals surface area contributed by atoms with Gasteiger partial charge < -0.3 is 10.2 Å². The molecule has 24 heavy (non-hydrogen) atoms. The van der Waals surface area contributed by atoms with E-state index < -0.39 is 0 Å². The maximum atomic E-state index is 8.71. The second-order valence-electron chi connectivity index (χ2n) is 5.59. The van der Waals surface area contributed by atoms with Gasteiger partial charge in [0.2, 0.25) is 0 Å². The molecule has 2 aromatic rings. The Morgan fingerprint density at radius 3 is 3.08 bits per heavy atom. The van der Waals surface area contributed by atoms with Crippen molar-refractivity contribution in [3.63, 3.8) is 0 Å². The Morgan fingerprint density at radius 1 is 1.50 bits per heavy atom. The number of hydrogen-bond acceptors (Lipinski definition) is 5. The van der Waals surface area contributed by atoms with E-state index in [0.717, 1.165) is 41.3 Å². The highest BCUT2D eigenvalue weighted by molar-refractivity contribution is 7.13. The second-order valence-corrected chi connectivity index (χ2v) is 7.29. The van der Waals surface area contributed by atoms with Gasteiger partial charge >= 0.3 is 0 Å². The van der Waals surface area contributed by atoms with E-state index in [2.05, 4.69) is 16.8 Å². The molecule has 1 atom stereocenters. The number of rotatable bonds is 5. The van der Waals surface area contributed by atoms with Crippen molar-refractivity contribution >= 4 is 40.2 Å². The lowest BCUT2D eigenvalue weighted by Crippen LogP contribution is -2.35. The number of thiazole rings is 1. The van der Waals surface area contributed by atoms with Gasteiger partial charge in [-0.25, -0.2) is 4.98 Å². The third-order valence-electron chi connectivity index (χ3n) is 4.10. The van der Waals surface area contributed by atoms with Gasteiger partial charge in [-0.05, 0) is 31.0 Å². The molecule has 0 saturated carbocycles. The summed E-state index contributed by atoms with van der Waals surface area (Å²) in [7, 11) is 0. The van der Waals surface area contributed by atoms with Gasteiger partial charge in [-0.2, -0.15) is 5.26 Å². The van der Waals surface area contributed by atoms with E-state index in [0.29, 0.717) is 16.6 Å². The Morgan fingerprint density at radius 2 is 2.33 bits per heavy atom. The Hall–Kier alpha value is -1.74. The fourth-order valence-corrected chi connectivity index (χ4v) is 4.33. The Labute approximate surface area is 155 Å². The molecule has 0 amide bonds. The summed E-state index contributed by atoms with van der Waals surface area (Å²) in [5.74, 6) is 0. The third kappa shape index (κ3) is 3.51. The van der Waals surface area contributed by atoms with Crippen molar-refractivity contribution < 1.29 is 0 Å². The predicted octanol–water partition coefficient (Wildman–Crippen LogP) is 4.62. The van der Waals surface area contributed by atoms with E-state index in [1.807, 2.05) is 23.7 Å². The SMILES string of the molecule is C=C(c1csc(-c2ccc(Cl)cc2Cl)n1)N1CCC[C@@H]1CNC#N. The number of nitriles is 1. The van der Waals surface area contributed by atoms with Crippen molar-refractivity contribution in [2.75, 3.05) is 13.1 Å². The number of halogens is 2. The van der Waals surface area contributed by atoms with Crippen LogP contribution in [-0.2, 0) is 0 Å². The lowest BCUT2D eigenvalue weighted by Gasteiger charge is -2.27.